The van der Waals surface area contributed by atoms with Crippen LogP contribution in [0.5, 0.6) is 0 Å². The molecule has 1 aromatic carbocycles. The van der Waals surface area contributed by atoms with E-state index in [4.69, 9.17) is 0 Å². The Morgan fingerprint density at radius 1 is 1.05 bits per heavy atom. The van der Waals surface area contributed by atoms with Crippen molar-refractivity contribution in [2.45, 2.75) is 46.7 Å². The maximum atomic E-state index is 14.0. The Morgan fingerprint density at radius 2 is 1.67 bits per heavy atom. The van der Waals surface area contributed by atoms with Gasteiger partial charge in [-0.1, -0.05) is 39.0 Å². The van der Waals surface area contributed by atoms with Gasteiger partial charge in [0.25, 0.3) is 0 Å². The summed E-state index contributed by atoms with van der Waals surface area (Å²) in [6, 6.07) is 7.63. The lowest BCUT2D eigenvalue weighted by molar-refractivity contribution is 0.157. The van der Waals surface area contributed by atoms with Crippen LogP contribution in [0.2, 0.25) is 0 Å². The molecule has 0 amide bonds. The van der Waals surface area contributed by atoms with Gasteiger partial charge in [-0.25, -0.2) is 4.39 Å². The van der Waals surface area contributed by atoms with Gasteiger partial charge < -0.3 is 10.2 Å². The molecule has 0 saturated heterocycles. The second kappa shape index (κ2) is 8.50. The molecule has 0 aromatic heterocycles. The number of nitrogens with zero attached hydrogens (tertiary/aromatic N) is 1. The van der Waals surface area contributed by atoms with Crippen molar-refractivity contribution < 1.29 is 4.39 Å². The minimum atomic E-state index is -0.122. The molecule has 120 valence electrons. The van der Waals surface area contributed by atoms with E-state index in [0.717, 1.165) is 18.7 Å². The third kappa shape index (κ3) is 5.40. The van der Waals surface area contributed by atoms with E-state index in [1.54, 1.807) is 12.1 Å². The third-order valence-corrected chi connectivity index (χ3v) is 3.97. The van der Waals surface area contributed by atoms with Crippen molar-refractivity contribution in [3.63, 3.8) is 0 Å². The molecule has 0 aliphatic rings. The van der Waals surface area contributed by atoms with Crippen LogP contribution in [0, 0.1) is 17.7 Å². The summed E-state index contributed by atoms with van der Waals surface area (Å²) in [7, 11) is 1.91. The average Bonchev–Trinajstić information content (AvgIpc) is 2.40. The zero-order chi connectivity index (χ0) is 16.0. The van der Waals surface area contributed by atoms with E-state index in [-0.39, 0.29) is 11.9 Å². The van der Waals surface area contributed by atoms with Gasteiger partial charge in [0.2, 0.25) is 0 Å². The molecule has 21 heavy (non-hydrogen) atoms. The summed E-state index contributed by atoms with van der Waals surface area (Å²) in [6.07, 6.45) is 0. The van der Waals surface area contributed by atoms with E-state index in [0.29, 0.717) is 17.9 Å². The zero-order valence-corrected chi connectivity index (χ0v) is 14.4. The molecule has 3 heteroatoms. The Kier molecular flexibility index (Phi) is 7.33. The first-order valence-electron chi connectivity index (χ1n) is 8.02. The predicted octanol–water partition coefficient (Wildman–Crippen LogP) is 4.09. The van der Waals surface area contributed by atoms with Crippen LogP contribution in [0.3, 0.4) is 0 Å². The first-order valence-corrected chi connectivity index (χ1v) is 8.02. The van der Waals surface area contributed by atoms with Gasteiger partial charge in [-0.3, -0.25) is 0 Å². The number of halogens is 1. The average molecular weight is 294 g/mol. The van der Waals surface area contributed by atoms with E-state index in [2.05, 4.69) is 44.8 Å². The van der Waals surface area contributed by atoms with Crippen LogP contribution < -0.4 is 5.32 Å². The van der Waals surface area contributed by atoms with Crippen molar-refractivity contribution in [3.8, 4) is 0 Å². The molecule has 2 unspecified atom stereocenters. The second-order valence-corrected chi connectivity index (χ2v) is 6.71. The van der Waals surface area contributed by atoms with Gasteiger partial charge in [-0.15, -0.1) is 0 Å². The monoisotopic (exact) mass is 294 g/mol. The van der Waals surface area contributed by atoms with E-state index >= 15 is 0 Å². The first-order chi connectivity index (χ1) is 9.86. The minimum absolute atomic E-state index is 0.0413. The third-order valence-electron chi connectivity index (χ3n) is 3.97. The number of hydrogen-bond donors (Lipinski definition) is 1. The van der Waals surface area contributed by atoms with Crippen LogP contribution in [0.15, 0.2) is 24.3 Å². The molecule has 1 rings (SSSR count). The number of hydrogen-bond acceptors (Lipinski definition) is 2. The minimum Gasteiger partial charge on any atom is -0.313 e. The van der Waals surface area contributed by atoms with Crippen LogP contribution >= 0.6 is 0 Å². The zero-order valence-electron chi connectivity index (χ0n) is 14.4. The topological polar surface area (TPSA) is 15.3 Å². The lowest BCUT2D eigenvalue weighted by Gasteiger charge is -2.34. The summed E-state index contributed by atoms with van der Waals surface area (Å²) in [5.41, 5.74) is 0.765. The van der Waals surface area contributed by atoms with E-state index in [9.17, 15) is 4.39 Å². The van der Waals surface area contributed by atoms with Gasteiger partial charge in [0.05, 0.1) is 0 Å². The molecule has 0 spiro atoms. The Hall–Kier alpha value is -0.930. The summed E-state index contributed by atoms with van der Waals surface area (Å²) in [5, 5.41) is 3.29. The number of benzene rings is 1. The molecule has 0 radical (unpaired) electrons. The molecule has 0 aliphatic carbocycles. The van der Waals surface area contributed by atoms with Crippen LogP contribution in [-0.2, 0) is 0 Å². The molecule has 1 N–H and O–H groups in total. The summed E-state index contributed by atoms with van der Waals surface area (Å²) in [5.74, 6) is 0.859. The fourth-order valence-corrected chi connectivity index (χ4v) is 2.91. The van der Waals surface area contributed by atoms with Gasteiger partial charge in [0, 0.05) is 30.7 Å². The van der Waals surface area contributed by atoms with Crippen molar-refractivity contribution in [1.29, 1.82) is 0 Å². The maximum Gasteiger partial charge on any atom is 0.127 e. The molecule has 0 saturated carbocycles. The Balaban J connectivity index is 2.83. The van der Waals surface area contributed by atoms with Crippen molar-refractivity contribution in [2.75, 3.05) is 20.1 Å². The van der Waals surface area contributed by atoms with Crippen LogP contribution in [0.1, 0.15) is 46.2 Å². The predicted molar refractivity (Wildman–Crippen MR) is 88.9 cm³/mol. The summed E-state index contributed by atoms with van der Waals surface area (Å²) < 4.78 is 14.0. The summed E-state index contributed by atoms with van der Waals surface area (Å²) in [4.78, 5) is 2.49. The largest absolute Gasteiger partial charge is 0.313 e. The molecule has 0 heterocycles. The van der Waals surface area contributed by atoms with E-state index in [1.807, 2.05) is 19.2 Å². The smallest absolute Gasteiger partial charge is 0.127 e. The van der Waals surface area contributed by atoms with Crippen LogP contribution in [-0.4, -0.2) is 31.1 Å². The highest BCUT2D eigenvalue weighted by atomic mass is 19.1. The van der Waals surface area contributed by atoms with E-state index in [1.165, 1.54) is 0 Å². The quantitative estimate of drug-likeness (QED) is 0.777. The van der Waals surface area contributed by atoms with Gasteiger partial charge in [0.1, 0.15) is 5.82 Å². The number of rotatable bonds is 8. The molecular formula is C18H31FN2. The van der Waals surface area contributed by atoms with Gasteiger partial charge >= 0.3 is 0 Å². The Labute approximate surface area is 129 Å². The van der Waals surface area contributed by atoms with Gasteiger partial charge in [-0.2, -0.15) is 0 Å². The molecule has 0 bridgehead atoms. The van der Waals surface area contributed by atoms with Gasteiger partial charge in [0.15, 0.2) is 0 Å². The summed E-state index contributed by atoms with van der Waals surface area (Å²) in [6.45, 7) is 13.2. The molecule has 0 aliphatic heterocycles. The van der Waals surface area contributed by atoms with Crippen molar-refractivity contribution >= 4 is 0 Å². The molecule has 2 atom stereocenters. The maximum absolute atomic E-state index is 14.0. The lowest BCUT2D eigenvalue weighted by Crippen LogP contribution is -2.40. The highest BCUT2D eigenvalue weighted by molar-refractivity contribution is 5.21. The fraction of sp³-hybridized carbons (Fsp3) is 0.667. The molecular weight excluding hydrogens is 263 g/mol. The highest BCUT2D eigenvalue weighted by Crippen LogP contribution is 2.25. The van der Waals surface area contributed by atoms with Gasteiger partial charge in [-0.05, 0) is 38.8 Å². The standard InChI is InChI=1S/C18H31FN2/c1-13(2)11-21(14(3)4)12-15(5)18(20-6)16-9-7-8-10-17(16)19/h7-10,13-15,18,20H,11-12H2,1-6H3. The SMILES string of the molecule is CNC(c1ccccc1F)C(C)CN(CC(C)C)C(C)C. The fourth-order valence-electron chi connectivity index (χ4n) is 2.91. The number of nitrogens with one attached hydrogen (secondary N) is 1. The van der Waals surface area contributed by atoms with Crippen LogP contribution in [0.25, 0.3) is 0 Å². The van der Waals surface area contributed by atoms with E-state index < -0.39 is 0 Å². The normalized spacial score (nSPS) is 15.0. The molecule has 0 fully saturated rings. The van der Waals surface area contributed by atoms with Crippen molar-refractivity contribution in [1.82, 2.24) is 10.2 Å². The van der Waals surface area contributed by atoms with Crippen molar-refractivity contribution in [2.24, 2.45) is 11.8 Å². The highest BCUT2D eigenvalue weighted by Gasteiger charge is 2.23. The van der Waals surface area contributed by atoms with Crippen LogP contribution in [0.4, 0.5) is 4.39 Å². The molecule has 1 aromatic rings. The Bertz CT molecular complexity index is 417. The first kappa shape index (κ1) is 18.1. The van der Waals surface area contributed by atoms with Crippen molar-refractivity contribution in [3.05, 3.63) is 35.6 Å². The summed E-state index contributed by atoms with van der Waals surface area (Å²) >= 11 is 0. The second-order valence-electron chi connectivity index (χ2n) is 6.71. The Morgan fingerprint density at radius 3 is 2.14 bits per heavy atom. The lowest BCUT2D eigenvalue weighted by atomic mass is 9.93. The molecule has 2 nitrogen and oxygen atoms in total.